The number of hydrogen-bond donors (Lipinski definition) is 2. The van der Waals surface area contributed by atoms with Gasteiger partial charge in [0, 0.05) is 24.0 Å². The van der Waals surface area contributed by atoms with E-state index in [1.165, 1.54) is 0 Å². The third kappa shape index (κ3) is 3.66. The summed E-state index contributed by atoms with van der Waals surface area (Å²) in [5.41, 5.74) is 0.118. The normalized spacial score (nSPS) is 18.7. The van der Waals surface area contributed by atoms with Crippen molar-refractivity contribution in [2.75, 3.05) is 0 Å². The van der Waals surface area contributed by atoms with Crippen molar-refractivity contribution in [3.8, 4) is 0 Å². The second-order valence-electron chi connectivity index (χ2n) is 4.98. The minimum atomic E-state index is 0.118. The van der Waals surface area contributed by atoms with E-state index < -0.39 is 0 Å². The van der Waals surface area contributed by atoms with E-state index in [2.05, 4.69) is 24.5 Å². The first-order chi connectivity index (χ1) is 6.43. The Balaban J connectivity index is 2.32. The molecule has 14 heavy (non-hydrogen) atoms. The molecule has 0 aromatic heterocycles. The molecule has 1 aliphatic rings. The van der Waals surface area contributed by atoms with Gasteiger partial charge in [0.15, 0.2) is 0 Å². The van der Waals surface area contributed by atoms with Crippen LogP contribution in [0.2, 0.25) is 0 Å². The Bertz CT molecular complexity index is 207. The first kappa shape index (κ1) is 11.5. The summed E-state index contributed by atoms with van der Waals surface area (Å²) < 4.78 is 0. The van der Waals surface area contributed by atoms with Crippen molar-refractivity contribution in [2.45, 2.75) is 64.6 Å². The van der Waals surface area contributed by atoms with Crippen LogP contribution in [0.1, 0.15) is 47.0 Å². The first-order valence-electron chi connectivity index (χ1n) is 5.51. The number of nitrogens with one attached hydrogen (secondary N) is 2. The average Bonchev–Trinajstić information content (AvgIpc) is 2.63. The summed E-state index contributed by atoms with van der Waals surface area (Å²) >= 11 is 0. The van der Waals surface area contributed by atoms with Crippen LogP contribution in [-0.4, -0.2) is 23.5 Å². The molecule has 0 aliphatic heterocycles. The molecule has 82 valence electrons. The molecular weight excluding hydrogens is 176 g/mol. The van der Waals surface area contributed by atoms with Crippen molar-refractivity contribution in [1.29, 1.82) is 0 Å². The van der Waals surface area contributed by atoms with Crippen molar-refractivity contribution in [3.05, 3.63) is 0 Å². The van der Waals surface area contributed by atoms with Gasteiger partial charge in [-0.3, -0.25) is 4.79 Å². The van der Waals surface area contributed by atoms with E-state index >= 15 is 0 Å². The topological polar surface area (TPSA) is 41.1 Å². The smallest absolute Gasteiger partial charge is 0.222 e. The zero-order valence-corrected chi connectivity index (χ0v) is 9.68. The maximum atomic E-state index is 11.5. The summed E-state index contributed by atoms with van der Waals surface area (Å²) in [6.45, 7) is 8.24. The van der Waals surface area contributed by atoms with Crippen molar-refractivity contribution in [3.63, 3.8) is 0 Å². The molecular formula is C11H22N2O. The van der Waals surface area contributed by atoms with E-state index in [1.54, 1.807) is 0 Å². The van der Waals surface area contributed by atoms with Crippen LogP contribution in [0.25, 0.3) is 0 Å². The molecule has 3 nitrogen and oxygen atoms in total. The molecule has 0 bridgehead atoms. The van der Waals surface area contributed by atoms with Crippen LogP contribution >= 0.6 is 0 Å². The lowest BCUT2D eigenvalue weighted by atomic mass is 10.1. The number of hydrogen-bond acceptors (Lipinski definition) is 2. The molecule has 0 saturated heterocycles. The molecule has 0 spiro atoms. The van der Waals surface area contributed by atoms with Gasteiger partial charge in [-0.25, -0.2) is 0 Å². The van der Waals surface area contributed by atoms with Gasteiger partial charge in [0.25, 0.3) is 0 Å². The van der Waals surface area contributed by atoms with E-state index in [0.717, 1.165) is 12.8 Å². The first-order valence-corrected chi connectivity index (χ1v) is 5.51. The Hall–Kier alpha value is -0.570. The summed E-state index contributed by atoms with van der Waals surface area (Å²) in [5.74, 6) is 0.172. The summed E-state index contributed by atoms with van der Waals surface area (Å²) in [5, 5.41) is 6.41. The molecule has 3 heteroatoms. The molecule has 0 aromatic rings. The highest BCUT2D eigenvalue weighted by Gasteiger charge is 2.44. The SMILES string of the molecule is CC(C)NC(=O)CC1(NC(C)C)CC1. The fourth-order valence-corrected chi connectivity index (χ4v) is 1.82. The highest BCUT2D eigenvalue weighted by molar-refractivity contribution is 5.78. The van der Waals surface area contributed by atoms with Crippen LogP contribution in [0.15, 0.2) is 0 Å². The van der Waals surface area contributed by atoms with Crippen LogP contribution in [0, 0.1) is 0 Å². The van der Waals surface area contributed by atoms with Crippen molar-refractivity contribution < 1.29 is 4.79 Å². The number of carbonyl (C=O) groups excluding carboxylic acids is 1. The predicted molar refractivity (Wildman–Crippen MR) is 58.1 cm³/mol. The summed E-state index contributed by atoms with van der Waals surface area (Å²) in [4.78, 5) is 11.5. The highest BCUT2D eigenvalue weighted by atomic mass is 16.1. The fraction of sp³-hybridized carbons (Fsp3) is 0.909. The van der Waals surface area contributed by atoms with Crippen LogP contribution in [0.3, 0.4) is 0 Å². The molecule has 1 amide bonds. The predicted octanol–water partition coefficient (Wildman–Crippen LogP) is 1.43. The maximum absolute atomic E-state index is 11.5. The lowest BCUT2D eigenvalue weighted by Gasteiger charge is -2.20. The molecule has 0 radical (unpaired) electrons. The van der Waals surface area contributed by atoms with Crippen molar-refractivity contribution >= 4 is 5.91 Å². The van der Waals surface area contributed by atoms with Crippen molar-refractivity contribution in [1.82, 2.24) is 10.6 Å². The van der Waals surface area contributed by atoms with Gasteiger partial charge in [0.2, 0.25) is 5.91 Å². The largest absolute Gasteiger partial charge is 0.354 e. The summed E-state index contributed by atoms with van der Waals surface area (Å²) in [6, 6.07) is 0.710. The fourth-order valence-electron chi connectivity index (χ4n) is 1.82. The minimum Gasteiger partial charge on any atom is -0.354 e. The van der Waals surface area contributed by atoms with E-state index in [4.69, 9.17) is 0 Å². The molecule has 1 rings (SSSR count). The molecule has 0 heterocycles. The van der Waals surface area contributed by atoms with E-state index in [-0.39, 0.29) is 17.5 Å². The van der Waals surface area contributed by atoms with E-state index in [9.17, 15) is 4.79 Å². The molecule has 0 unspecified atom stereocenters. The van der Waals surface area contributed by atoms with Gasteiger partial charge in [-0.2, -0.15) is 0 Å². The monoisotopic (exact) mass is 198 g/mol. The van der Waals surface area contributed by atoms with Gasteiger partial charge in [0.1, 0.15) is 0 Å². The van der Waals surface area contributed by atoms with Gasteiger partial charge in [0.05, 0.1) is 0 Å². The molecule has 2 N–H and O–H groups in total. The Morgan fingerprint density at radius 1 is 1.21 bits per heavy atom. The Morgan fingerprint density at radius 2 is 1.79 bits per heavy atom. The van der Waals surface area contributed by atoms with Crippen molar-refractivity contribution in [2.24, 2.45) is 0 Å². The lowest BCUT2D eigenvalue weighted by Crippen LogP contribution is -2.42. The third-order valence-corrected chi connectivity index (χ3v) is 2.40. The Labute approximate surface area is 86.6 Å². The van der Waals surface area contributed by atoms with Gasteiger partial charge >= 0.3 is 0 Å². The van der Waals surface area contributed by atoms with Crippen LogP contribution in [0.5, 0.6) is 0 Å². The summed E-state index contributed by atoms with van der Waals surface area (Å²) in [6.07, 6.45) is 2.90. The number of rotatable bonds is 5. The number of amides is 1. The van der Waals surface area contributed by atoms with E-state index in [1.807, 2.05) is 13.8 Å². The Kier molecular flexibility index (Phi) is 3.53. The Morgan fingerprint density at radius 3 is 2.14 bits per heavy atom. The average molecular weight is 198 g/mol. The maximum Gasteiger partial charge on any atom is 0.222 e. The molecule has 1 saturated carbocycles. The second-order valence-corrected chi connectivity index (χ2v) is 4.98. The number of carbonyl (C=O) groups is 1. The molecule has 0 aromatic carbocycles. The molecule has 0 atom stereocenters. The zero-order chi connectivity index (χ0) is 10.8. The minimum absolute atomic E-state index is 0.118. The lowest BCUT2D eigenvalue weighted by molar-refractivity contribution is -0.122. The van der Waals surface area contributed by atoms with E-state index in [0.29, 0.717) is 12.5 Å². The van der Waals surface area contributed by atoms with Gasteiger partial charge in [-0.1, -0.05) is 13.8 Å². The van der Waals surface area contributed by atoms with Crippen LogP contribution in [-0.2, 0) is 4.79 Å². The quantitative estimate of drug-likeness (QED) is 0.701. The standard InChI is InChI=1S/C11H22N2O/c1-8(2)12-10(14)7-11(5-6-11)13-9(3)4/h8-9,13H,5-7H2,1-4H3,(H,12,14). The van der Waals surface area contributed by atoms with Gasteiger partial charge in [-0.15, -0.1) is 0 Å². The second kappa shape index (κ2) is 4.30. The van der Waals surface area contributed by atoms with Crippen LogP contribution < -0.4 is 10.6 Å². The highest BCUT2D eigenvalue weighted by Crippen LogP contribution is 2.39. The molecule has 1 aliphatic carbocycles. The summed E-state index contributed by atoms with van der Waals surface area (Å²) in [7, 11) is 0. The molecule has 1 fully saturated rings. The van der Waals surface area contributed by atoms with Crippen LogP contribution in [0.4, 0.5) is 0 Å². The van der Waals surface area contributed by atoms with Gasteiger partial charge in [-0.05, 0) is 26.7 Å². The van der Waals surface area contributed by atoms with Gasteiger partial charge < -0.3 is 10.6 Å². The third-order valence-electron chi connectivity index (χ3n) is 2.40. The zero-order valence-electron chi connectivity index (χ0n) is 9.68.